The maximum atomic E-state index is 12.2. The van der Waals surface area contributed by atoms with Crippen LogP contribution in [0.2, 0.25) is 0 Å². The van der Waals surface area contributed by atoms with Crippen LogP contribution < -0.4 is 5.32 Å². The Balaban J connectivity index is 2.28. The number of amides is 1. The van der Waals surface area contributed by atoms with E-state index in [1.54, 1.807) is 27.0 Å². The van der Waals surface area contributed by atoms with Gasteiger partial charge < -0.3 is 5.32 Å². The number of aromatic nitrogens is 2. The Morgan fingerprint density at radius 2 is 1.95 bits per heavy atom. The van der Waals surface area contributed by atoms with Crippen molar-refractivity contribution in [2.24, 2.45) is 7.05 Å². The fraction of sp³-hybridized carbons (Fsp3) is 0.231. The number of aryl methyl sites for hydroxylation is 3. The van der Waals surface area contributed by atoms with Crippen LogP contribution in [0.3, 0.4) is 0 Å². The maximum Gasteiger partial charge on any atom is 0.273 e. The molecular formula is C13H14ClN3O3S. The van der Waals surface area contributed by atoms with Crippen molar-refractivity contribution >= 4 is 31.3 Å². The SMILES string of the molecule is Cc1cc(C(=O)Nc2ccc(S(=O)(=O)Cl)cc2C)n(C)n1. The van der Waals surface area contributed by atoms with Gasteiger partial charge in [0.15, 0.2) is 0 Å². The summed E-state index contributed by atoms with van der Waals surface area (Å²) in [7, 11) is 3.18. The van der Waals surface area contributed by atoms with Crippen LogP contribution in [0.25, 0.3) is 0 Å². The first kappa shape index (κ1) is 15.5. The lowest BCUT2D eigenvalue weighted by molar-refractivity contribution is 0.101. The first-order valence-corrected chi connectivity index (χ1v) is 8.37. The molecule has 0 aliphatic rings. The summed E-state index contributed by atoms with van der Waals surface area (Å²) >= 11 is 0. The van der Waals surface area contributed by atoms with Gasteiger partial charge in [-0.15, -0.1) is 0 Å². The van der Waals surface area contributed by atoms with Gasteiger partial charge >= 0.3 is 0 Å². The molecule has 1 amide bonds. The molecule has 1 N–H and O–H groups in total. The van der Waals surface area contributed by atoms with Gasteiger partial charge in [0, 0.05) is 23.4 Å². The number of anilines is 1. The second-order valence-corrected chi connectivity index (χ2v) is 7.23. The standard InChI is InChI=1S/C13H14ClN3O3S/c1-8-6-10(21(14,19)20)4-5-11(8)15-13(18)12-7-9(2)16-17(12)3/h4-7H,1-3H3,(H,15,18). The van der Waals surface area contributed by atoms with E-state index >= 15 is 0 Å². The van der Waals surface area contributed by atoms with Crippen molar-refractivity contribution in [1.29, 1.82) is 0 Å². The molecule has 0 aliphatic carbocycles. The lowest BCUT2D eigenvalue weighted by Crippen LogP contribution is -2.16. The molecule has 1 aromatic heterocycles. The van der Waals surface area contributed by atoms with Gasteiger partial charge in [0.05, 0.1) is 10.6 Å². The summed E-state index contributed by atoms with van der Waals surface area (Å²) in [6.07, 6.45) is 0. The number of nitrogens with one attached hydrogen (secondary N) is 1. The van der Waals surface area contributed by atoms with Crippen molar-refractivity contribution in [2.75, 3.05) is 5.32 Å². The second-order valence-electron chi connectivity index (χ2n) is 4.66. The van der Waals surface area contributed by atoms with E-state index in [9.17, 15) is 13.2 Å². The highest BCUT2D eigenvalue weighted by molar-refractivity contribution is 8.13. The molecule has 2 rings (SSSR count). The zero-order valence-corrected chi connectivity index (χ0v) is 13.3. The van der Waals surface area contributed by atoms with E-state index in [1.807, 2.05) is 0 Å². The molecule has 0 aliphatic heterocycles. The zero-order valence-electron chi connectivity index (χ0n) is 11.7. The third-order valence-corrected chi connectivity index (χ3v) is 4.31. The molecule has 0 radical (unpaired) electrons. The molecule has 1 heterocycles. The zero-order chi connectivity index (χ0) is 15.8. The van der Waals surface area contributed by atoms with Gasteiger partial charge in [0.25, 0.3) is 15.0 Å². The molecule has 2 aromatic rings. The van der Waals surface area contributed by atoms with Crippen LogP contribution in [0.4, 0.5) is 5.69 Å². The lowest BCUT2D eigenvalue weighted by atomic mass is 10.2. The highest BCUT2D eigenvalue weighted by Gasteiger charge is 2.15. The fourth-order valence-corrected chi connectivity index (χ4v) is 2.77. The number of hydrogen-bond acceptors (Lipinski definition) is 4. The number of halogens is 1. The third-order valence-electron chi connectivity index (χ3n) is 2.96. The maximum absolute atomic E-state index is 12.2. The number of nitrogens with zero attached hydrogens (tertiary/aromatic N) is 2. The van der Waals surface area contributed by atoms with Crippen LogP contribution >= 0.6 is 10.7 Å². The minimum atomic E-state index is -3.78. The lowest BCUT2D eigenvalue weighted by Gasteiger charge is -2.09. The van der Waals surface area contributed by atoms with Crippen LogP contribution in [-0.2, 0) is 16.1 Å². The Bertz CT molecular complexity index is 812. The average molecular weight is 328 g/mol. The predicted octanol–water partition coefficient (Wildman–Crippen LogP) is 2.22. The van der Waals surface area contributed by atoms with Gasteiger partial charge in [-0.05, 0) is 43.7 Å². The minimum Gasteiger partial charge on any atom is -0.320 e. The molecule has 8 heteroatoms. The molecule has 0 saturated heterocycles. The highest BCUT2D eigenvalue weighted by Crippen LogP contribution is 2.22. The summed E-state index contributed by atoms with van der Waals surface area (Å²) in [6, 6.07) is 5.93. The monoisotopic (exact) mass is 327 g/mol. The smallest absolute Gasteiger partial charge is 0.273 e. The van der Waals surface area contributed by atoms with Crippen molar-refractivity contribution in [3.05, 3.63) is 41.2 Å². The number of carbonyl (C=O) groups excluding carboxylic acids is 1. The first-order chi connectivity index (χ1) is 9.68. The van der Waals surface area contributed by atoms with Crippen molar-refractivity contribution in [3.63, 3.8) is 0 Å². The van der Waals surface area contributed by atoms with Crippen LogP contribution in [0.15, 0.2) is 29.2 Å². The van der Waals surface area contributed by atoms with E-state index < -0.39 is 9.05 Å². The van der Waals surface area contributed by atoms with Crippen molar-refractivity contribution in [2.45, 2.75) is 18.7 Å². The molecule has 0 bridgehead atoms. The van der Waals surface area contributed by atoms with E-state index in [-0.39, 0.29) is 10.8 Å². The summed E-state index contributed by atoms with van der Waals surface area (Å²) in [6.45, 7) is 3.48. The second kappa shape index (κ2) is 5.50. The average Bonchev–Trinajstić information content (AvgIpc) is 2.69. The Hall–Kier alpha value is -1.86. The normalized spacial score (nSPS) is 11.4. The molecular weight excluding hydrogens is 314 g/mol. The van der Waals surface area contributed by atoms with Crippen molar-refractivity contribution in [3.8, 4) is 0 Å². The van der Waals surface area contributed by atoms with Crippen LogP contribution in [0.1, 0.15) is 21.7 Å². The molecule has 1 aromatic carbocycles. The molecule has 112 valence electrons. The summed E-state index contributed by atoms with van der Waals surface area (Å²) in [5, 5.41) is 6.82. The van der Waals surface area contributed by atoms with Gasteiger partial charge in [-0.2, -0.15) is 5.10 Å². The highest BCUT2D eigenvalue weighted by atomic mass is 35.7. The van der Waals surface area contributed by atoms with E-state index in [0.29, 0.717) is 16.9 Å². The van der Waals surface area contributed by atoms with E-state index in [0.717, 1.165) is 5.69 Å². The summed E-state index contributed by atoms with van der Waals surface area (Å²) < 4.78 is 24.0. The molecule has 0 saturated carbocycles. The molecule has 0 fully saturated rings. The van der Waals surface area contributed by atoms with Gasteiger partial charge in [-0.3, -0.25) is 9.48 Å². The van der Waals surface area contributed by atoms with E-state index in [4.69, 9.17) is 10.7 Å². The number of carbonyl (C=O) groups is 1. The van der Waals surface area contributed by atoms with Crippen molar-refractivity contribution in [1.82, 2.24) is 9.78 Å². The van der Waals surface area contributed by atoms with Gasteiger partial charge in [-0.1, -0.05) is 0 Å². The van der Waals surface area contributed by atoms with Crippen LogP contribution in [-0.4, -0.2) is 24.1 Å². The molecule has 0 unspecified atom stereocenters. The molecule has 21 heavy (non-hydrogen) atoms. The predicted molar refractivity (Wildman–Crippen MR) is 80.1 cm³/mol. The van der Waals surface area contributed by atoms with Gasteiger partial charge in [0.1, 0.15) is 5.69 Å². The fourth-order valence-electron chi connectivity index (χ4n) is 1.94. The van der Waals surface area contributed by atoms with Crippen molar-refractivity contribution < 1.29 is 13.2 Å². The topological polar surface area (TPSA) is 81.1 Å². The quantitative estimate of drug-likeness (QED) is 0.876. The number of hydrogen-bond donors (Lipinski definition) is 1. The first-order valence-electron chi connectivity index (χ1n) is 6.06. The molecule has 0 atom stereocenters. The Labute approximate surface area is 127 Å². The van der Waals surface area contributed by atoms with Crippen LogP contribution in [0, 0.1) is 13.8 Å². The molecule has 0 spiro atoms. The van der Waals surface area contributed by atoms with E-state index in [1.165, 1.54) is 22.9 Å². The minimum absolute atomic E-state index is 0.00366. The van der Waals surface area contributed by atoms with Gasteiger partial charge in [0.2, 0.25) is 0 Å². The third kappa shape index (κ3) is 3.43. The van der Waals surface area contributed by atoms with Crippen LogP contribution in [0.5, 0.6) is 0 Å². The summed E-state index contributed by atoms with van der Waals surface area (Å²) in [5.41, 5.74) is 2.27. The summed E-state index contributed by atoms with van der Waals surface area (Å²) in [5.74, 6) is -0.317. The Morgan fingerprint density at radius 1 is 1.29 bits per heavy atom. The Morgan fingerprint density at radius 3 is 2.43 bits per heavy atom. The summed E-state index contributed by atoms with van der Waals surface area (Å²) in [4.78, 5) is 12.2. The Kier molecular flexibility index (Phi) is 4.06. The number of rotatable bonds is 3. The van der Waals surface area contributed by atoms with E-state index in [2.05, 4.69) is 10.4 Å². The molecule has 6 nitrogen and oxygen atoms in total. The van der Waals surface area contributed by atoms with Gasteiger partial charge in [-0.25, -0.2) is 8.42 Å². The largest absolute Gasteiger partial charge is 0.320 e. The number of benzene rings is 1.